The fourth-order valence-corrected chi connectivity index (χ4v) is 5.49. The van der Waals surface area contributed by atoms with E-state index in [4.69, 9.17) is 9.97 Å². The van der Waals surface area contributed by atoms with Crippen molar-refractivity contribution in [3.8, 4) is 10.6 Å². The van der Waals surface area contributed by atoms with E-state index in [0.29, 0.717) is 11.5 Å². The minimum atomic E-state index is -0.616. The number of para-hydroxylation sites is 1. The maximum absolute atomic E-state index is 14.1. The Hall–Kier alpha value is -3.17. The van der Waals surface area contributed by atoms with E-state index in [1.807, 2.05) is 31.2 Å². The molecule has 2 aromatic heterocycles. The summed E-state index contributed by atoms with van der Waals surface area (Å²) in [5.41, 5.74) is 2.38. The number of anilines is 2. The van der Waals surface area contributed by atoms with Crippen molar-refractivity contribution in [2.45, 2.75) is 38.8 Å². The Bertz CT molecular complexity index is 1270. The zero-order chi connectivity index (χ0) is 23.7. The average Bonchev–Trinajstić information content (AvgIpc) is 3.45. The maximum atomic E-state index is 14.1. The number of aromatic nitrogens is 3. The summed E-state index contributed by atoms with van der Waals surface area (Å²) in [4.78, 5) is 14.1. The van der Waals surface area contributed by atoms with Gasteiger partial charge in [0, 0.05) is 24.8 Å². The number of aryl methyl sites for hydroxylation is 1. The van der Waals surface area contributed by atoms with Crippen molar-refractivity contribution in [2.24, 2.45) is 5.92 Å². The first-order chi connectivity index (χ1) is 16.5. The van der Waals surface area contributed by atoms with Crippen LogP contribution in [0.25, 0.3) is 20.8 Å². The molecule has 0 bridgehead atoms. The van der Waals surface area contributed by atoms with Gasteiger partial charge in [0.15, 0.2) is 0 Å². The van der Waals surface area contributed by atoms with E-state index in [1.54, 1.807) is 11.3 Å². The number of halogens is 2. The molecule has 0 saturated heterocycles. The van der Waals surface area contributed by atoms with Gasteiger partial charge in [-0.2, -0.15) is 4.98 Å². The minimum Gasteiger partial charge on any atom is -0.396 e. The summed E-state index contributed by atoms with van der Waals surface area (Å²) in [6.45, 7) is 1.98. The number of hydrogen-bond donors (Lipinski definition) is 3. The maximum Gasteiger partial charge on any atom is 0.225 e. The molecular formula is C25H25F2N5OS. The number of rotatable bonds is 7. The molecule has 6 nitrogen and oxygen atoms in total. The van der Waals surface area contributed by atoms with E-state index >= 15 is 0 Å². The van der Waals surface area contributed by atoms with E-state index in [-0.39, 0.29) is 36.6 Å². The van der Waals surface area contributed by atoms with Gasteiger partial charge in [-0.1, -0.05) is 18.2 Å². The van der Waals surface area contributed by atoms with Crippen LogP contribution in [0.2, 0.25) is 0 Å². The predicted molar refractivity (Wildman–Crippen MR) is 131 cm³/mol. The third-order valence-electron chi connectivity index (χ3n) is 6.22. The number of fused-ring (bicyclic) bond motifs is 1. The summed E-state index contributed by atoms with van der Waals surface area (Å²) in [6.07, 6.45) is 2.73. The van der Waals surface area contributed by atoms with E-state index in [2.05, 4.69) is 15.6 Å². The number of thiazole rings is 1. The molecule has 2 heterocycles. The Morgan fingerprint density at radius 2 is 1.82 bits per heavy atom. The molecule has 0 unspecified atom stereocenters. The first-order valence-electron chi connectivity index (χ1n) is 11.3. The standard InChI is InChI=1S/C25H25F2N5OS/c1-14-22(24-31-20-7-2-3-8-21(20)34-24)23(30-16-10-9-15(11-16)13-33)32-25(29-14)28-12-17-18(26)5-4-6-19(17)27/h2-8,15-16,33H,9-13H2,1H3,(H2,28,29,30,32)/t15-,16+/m1/s1. The van der Waals surface area contributed by atoms with Gasteiger partial charge in [0.25, 0.3) is 0 Å². The number of nitrogens with one attached hydrogen (secondary N) is 2. The van der Waals surface area contributed by atoms with Gasteiger partial charge in [-0.25, -0.2) is 18.7 Å². The van der Waals surface area contributed by atoms with Crippen LogP contribution in [0.5, 0.6) is 0 Å². The van der Waals surface area contributed by atoms with Gasteiger partial charge in [0.2, 0.25) is 5.95 Å². The van der Waals surface area contributed by atoms with E-state index < -0.39 is 11.6 Å². The van der Waals surface area contributed by atoms with Crippen molar-refractivity contribution < 1.29 is 13.9 Å². The molecule has 1 saturated carbocycles. The van der Waals surface area contributed by atoms with Crippen LogP contribution in [0, 0.1) is 24.5 Å². The van der Waals surface area contributed by atoms with Gasteiger partial charge < -0.3 is 15.7 Å². The summed E-state index contributed by atoms with van der Waals surface area (Å²) >= 11 is 1.57. The van der Waals surface area contributed by atoms with Crippen LogP contribution in [-0.2, 0) is 6.54 Å². The van der Waals surface area contributed by atoms with Crippen LogP contribution in [0.15, 0.2) is 42.5 Å². The van der Waals surface area contributed by atoms with Crippen LogP contribution < -0.4 is 10.6 Å². The molecule has 34 heavy (non-hydrogen) atoms. The number of hydrogen-bond acceptors (Lipinski definition) is 7. The molecule has 5 rings (SSSR count). The fraction of sp³-hybridized carbons (Fsp3) is 0.320. The third kappa shape index (κ3) is 4.58. The second-order valence-electron chi connectivity index (χ2n) is 8.60. The summed E-state index contributed by atoms with van der Waals surface area (Å²) in [5, 5.41) is 16.9. The molecule has 1 aliphatic rings. The summed E-state index contributed by atoms with van der Waals surface area (Å²) < 4.78 is 29.2. The molecule has 4 aromatic rings. The normalized spacial score (nSPS) is 17.9. The Kier molecular flexibility index (Phi) is 6.38. The van der Waals surface area contributed by atoms with Gasteiger partial charge in [-0.15, -0.1) is 11.3 Å². The summed E-state index contributed by atoms with van der Waals surface area (Å²) in [7, 11) is 0. The van der Waals surface area contributed by atoms with E-state index in [0.717, 1.165) is 40.1 Å². The number of aliphatic hydroxyl groups excluding tert-OH is 1. The molecule has 9 heteroatoms. The molecule has 3 N–H and O–H groups in total. The number of benzene rings is 2. The Balaban J connectivity index is 1.50. The Labute approximate surface area is 200 Å². The topological polar surface area (TPSA) is 83.0 Å². The van der Waals surface area contributed by atoms with Gasteiger partial charge in [-0.05, 0) is 56.4 Å². The lowest BCUT2D eigenvalue weighted by molar-refractivity contribution is 0.229. The molecule has 2 atom stereocenters. The van der Waals surface area contributed by atoms with Gasteiger partial charge >= 0.3 is 0 Å². The highest BCUT2D eigenvalue weighted by Crippen LogP contribution is 2.38. The van der Waals surface area contributed by atoms with Gasteiger partial charge in [-0.3, -0.25) is 0 Å². The molecule has 1 aliphatic carbocycles. The lowest BCUT2D eigenvalue weighted by Crippen LogP contribution is -2.19. The molecule has 2 aromatic carbocycles. The SMILES string of the molecule is Cc1nc(NCc2c(F)cccc2F)nc(N[C@H]2CC[C@@H](CO)C2)c1-c1nc2ccccc2s1. The predicted octanol–water partition coefficient (Wildman–Crippen LogP) is 5.52. The number of aliphatic hydroxyl groups is 1. The lowest BCUT2D eigenvalue weighted by Gasteiger charge is -2.18. The number of nitrogens with zero attached hydrogens (tertiary/aromatic N) is 3. The molecule has 1 fully saturated rings. The van der Waals surface area contributed by atoms with Crippen LogP contribution in [0.4, 0.5) is 20.5 Å². The highest BCUT2D eigenvalue weighted by Gasteiger charge is 2.26. The summed E-state index contributed by atoms with van der Waals surface area (Å²) in [5.74, 6) is -0.0480. The quantitative estimate of drug-likeness (QED) is 0.322. The average molecular weight is 482 g/mol. The molecule has 0 spiro atoms. The van der Waals surface area contributed by atoms with Crippen LogP contribution in [0.1, 0.15) is 30.5 Å². The van der Waals surface area contributed by atoms with Crippen LogP contribution in [0.3, 0.4) is 0 Å². The smallest absolute Gasteiger partial charge is 0.225 e. The minimum absolute atomic E-state index is 0.0601. The Morgan fingerprint density at radius 1 is 1.03 bits per heavy atom. The van der Waals surface area contributed by atoms with Crippen molar-refractivity contribution >= 4 is 33.3 Å². The van der Waals surface area contributed by atoms with Crippen LogP contribution >= 0.6 is 11.3 Å². The highest BCUT2D eigenvalue weighted by atomic mass is 32.1. The zero-order valence-corrected chi connectivity index (χ0v) is 19.5. The molecular weight excluding hydrogens is 456 g/mol. The second kappa shape index (κ2) is 9.60. The van der Waals surface area contributed by atoms with E-state index in [1.165, 1.54) is 18.2 Å². The Morgan fingerprint density at radius 3 is 2.56 bits per heavy atom. The second-order valence-corrected chi connectivity index (χ2v) is 9.63. The first kappa shape index (κ1) is 22.6. The van der Waals surface area contributed by atoms with Crippen molar-refractivity contribution in [3.63, 3.8) is 0 Å². The van der Waals surface area contributed by atoms with Crippen molar-refractivity contribution in [3.05, 3.63) is 65.4 Å². The van der Waals surface area contributed by atoms with Crippen molar-refractivity contribution in [2.75, 3.05) is 17.2 Å². The molecule has 176 valence electrons. The molecule has 0 aliphatic heterocycles. The van der Waals surface area contributed by atoms with Crippen molar-refractivity contribution in [1.29, 1.82) is 0 Å². The monoisotopic (exact) mass is 481 g/mol. The van der Waals surface area contributed by atoms with Crippen LogP contribution in [-0.4, -0.2) is 32.7 Å². The van der Waals surface area contributed by atoms with Gasteiger partial charge in [0.1, 0.15) is 22.5 Å². The van der Waals surface area contributed by atoms with Crippen molar-refractivity contribution in [1.82, 2.24) is 15.0 Å². The molecule has 0 amide bonds. The lowest BCUT2D eigenvalue weighted by atomic mass is 10.1. The first-order valence-corrected chi connectivity index (χ1v) is 12.1. The van der Waals surface area contributed by atoms with E-state index in [9.17, 15) is 13.9 Å². The highest BCUT2D eigenvalue weighted by molar-refractivity contribution is 7.21. The fourth-order valence-electron chi connectivity index (χ4n) is 4.43. The zero-order valence-electron chi connectivity index (χ0n) is 18.7. The third-order valence-corrected chi connectivity index (χ3v) is 7.28. The summed E-state index contributed by atoms with van der Waals surface area (Å²) in [6, 6.07) is 11.9. The van der Waals surface area contributed by atoms with Gasteiger partial charge in [0.05, 0.1) is 21.5 Å². The molecule has 0 radical (unpaired) electrons. The largest absolute Gasteiger partial charge is 0.396 e.